The second-order valence-electron chi connectivity index (χ2n) is 8.33. The molecule has 1 atom stereocenters. The quantitative estimate of drug-likeness (QED) is 0.417. The summed E-state index contributed by atoms with van der Waals surface area (Å²) in [5, 5.41) is 3.31. The molecule has 0 bridgehead atoms. The summed E-state index contributed by atoms with van der Waals surface area (Å²) in [5.74, 6) is -0.600. The molecule has 4 aromatic rings. The van der Waals surface area contributed by atoms with Crippen LogP contribution in [0.15, 0.2) is 50.5 Å². The van der Waals surface area contributed by atoms with Gasteiger partial charge in [0, 0.05) is 26.2 Å². The zero-order valence-electron chi connectivity index (χ0n) is 19.2. The lowest BCUT2D eigenvalue weighted by atomic mass is 9.99. The summed E-state index contributed by atoms with van der Waals surface area (Å²) in [7, 11) is -2.32. The van der Waals surface area contributed by atoms with Gasteiger partial charge in [-0.05, 0) is 50.1 Å². The molecule has 0 radical (unpaired) electrons. The number of rotatable bonds is 6. The highest BCUT2D eigenvalue weighted by molar-refractivity contribution is 7.89. The number of ether oxygens (including phenoxy) is 1. The summed E-state index contributed by atoms with van der Waals surface area (Å²) in [6.45, 7) is 2.84. The number of hydrogen-bond acceptors (Lipinski definition) is 8. The molecule has 0 unspecified atom stereocenters. The fraction of sp³-hybridized carbons (Fsp3) is 0.348. The number of carbonyl (C=O) groups excluding carboxylic acids is 1. The van der Waals surface area contributed by atoms with Crippen molar-refractivity contribution in [3.05, 3.63) is 46.9 Å². The van der Waals surface area contributed by atoms with Crippen LogP contribution < -0.4 is 15.8 Å². The Morgan fingerprint density at radius 3 is 2.91 bits per heavy atom. The number of amides is 1. The molecule has 1 aliphatic heterocycles. The number of aromatic nitrogens is 2. The molecule has 2 aromatic carbocycles. The van der Waals surface area contributed by atoms with Crippen molar-refractivity contribution >= 4 is 53.7 Å². The smallest absolute Gasteiger partial charge is 0.419 e. The number of nitrogens with zero attached hydrogens (tertiary/aromatic N) is 3. The van der Waals surface area contributed by atoms with Gasteiger partial charge >= 0.3 is 5.76 Å². The van der Waals surface area contributed by atoms with E-state index in [0.29, 0.717) is 36.6 Å². The minimum atomic E-state index is -3.87. The van der Waals surface area contributed by atoms with Crippen molar-refractivity contribution in [3.8, 4) is 5.75 Å². The van der Waals surface area contributed by atoms with Crippen molar-refractivity contribution in [1.82, 2.24) is 13.9 Å². The third kappa shape index (κ3) is 4.44. The van der Waals surface area contributed by atoms with E-state index in [4.69, 9.17) is 9.15 Å². The van der Waals surface area contributed by atoms with E-state index in [-0.39, 0.29) is 22.9 Å². The van der Waals surface area contributed by atoms with Crippen LogP contribution in [0.2, 0.25) is 0 Å². The topological polar surface area (TPSA) is 124 Å². The van der Waals surface area contributed by atoms with Crippen molar-refractivity contribution in [2.24, 2.45) is 13.0 Å². The fourth-order valence-corrected chi connectivity index (χ4v) is 6.66. The van der Waals surface area contributed by atoms with Gasteiger partial charge in [-0.3, -0.25) is 9.36 Å². The number of piperidine rings is 1. The molecule has 3 heterocycles. The first kappa shape index (κ1) is 23.5. The van der Waals surface area contributed by atoms with Crippen LogP contribution >= 0.6 is 11.3 Å². The Kier molecular flexibility index (Phi) is 6.11. The summed E-state index contributed by atoms with van der Waals surface area (Å²) in [6, 6.07) is 9.91. The Morgan fingerprint density at radius 2 is 2.11 bits per heavy atom. The van der Waals surface area contributed by atoms with Crippen LogP contribution in [0.1, 0.15) is 19.8 Å². The second kappa shape index (κ2) is 9.10. The number of nitrogens with one attached hydrogen (secondary N) is 1. The van der Waals surface area contributed by atoms with E-state index in [1.54, 1.807) is 13.1 Å². The third-order valence-corrected chi connectivity index (χ3v) is 8.85. The van der Waals surface area contributed by atoms with Crippen molar-refractivity contribution in [2.75, 3.05) is 25.0 Å². The van der Waals surface area contributed by atoms with Gasteiger partial charge in [-0.1, -0.05) is 11.3 Å². The van der Waals surface area contributed by atoms with E-state index in [9.17, 15) is 18.0 Å². The summed E-state index contributed by atoms with van der Waals surface area (Å²) in [4.78, 5) is 29.2. The first-order valence-corrected chi connectivity index (χ1v) is 13.5. The molecule has 5 rings (SSSR count). The standard InChI is InChI=1S/C23H24N4O6S2/c1-3-32-15-6-8-17-20(11-15)34-22(24-17)25-21(28)14-5-4-10-27(13-14)35(30,31)16-7-9-18-19(12-16)33-23(29)26(18)2/h6-9,11-12,14H,3-5,10,13H2,1-2H3,(H,24,25,28)/t14-/m0/s1. The number of fused-ring (bicyclic) bond motifs is 2. The number of thiazole rings is 1. The van der Waals surface area contributed by atoms with E-state index in [1.807, 2.05) is 25.1 Å². The maximum atomic E-state index is 13.3. The minimum absolute atomic E-state index is 0.0247. The Morgan fingerprint density at radius 1 is 1.29 bits per heavy atom. The zero-order valence-corrected chi connectivity index (χ0v) is 20.8. The van der Waals surface area contributed by atoms with Gasteiger partial charge in [0.05, 0.1) is 33.2 Å². The predicted molar refractivity (Wildman–Crippen MR) is 132 cm³/mol. The van der Waals surface area contributed by atoms with E-state index in [2.05, 4.69) is 10.3 Å². The maximum absolute atomic E-state index is 13.3. The molecule has 0 spiro atoms. The van der Waals surface area contributed by atoms with Gasteiger partial charge < -0.3 is 14.5 Å². The molecule has 1 fully saturated rings. The lowest BCUT2D eigenvalue weighted by Gasteiger charge is -2.31. The first-order valence-electron chi connectivity index (χ1n) is 11.2. The predicted octanol–water partition coefficient (Wildman–Crippen LogP) is 3.18. The van der Waals surface area contributed by atoms with Gasteiger partial charge in [-0.2, -0.15) is 4.31 Å². The number of oxazole rings is 1. The molecule has 35 heavy (non-hydrogen) atoms. The molecule has 1 amide bonds. The normalized spacial score (nSPS) is 17.1. The van der Waals surface area contributed by atoms with E-state index < -0.39 is 21.7 Å². The third-order valence-electron chi connectivity index (χ3n) is 6.06. The van der Waals surface area contributed by atoms with Crippen LogP contribution in [0.4, 0.5) is 5.13 Å². The second-order valence-corrected chi connectivity index (χ2v) is 11.3. The number of sulfonamides is 1. The van der Waals surface area contributed by atoms with Crippen LogP contribution in [-0.2, 0) is 21.9 Å². The number of carbonyl (C=O) groups is 1. The van der Waals surface area contributed by atoms with Crippen LogP contribution in [-0.4, -0.2) is 47.9 Å². The van der Waals surface area contributed by atoms with E-state index in [1.165, 1.54) is 32.3 Å². The average molecular weight is 517 g/mol. The summed E-state index contributed by atoms with van der Waals surface area (Å²) >= 11 is 1.34. The monoisotopic (exact) mass is 516 g/mol. The molecule has 10 nitrogen and oxygen atoms in total. The highest BCUT2D eigenvalue weighted by Crippen LogP contribution is 2.31. The molecule has 1 N–H and O–H groups in total. The van der Waals surface area contributed by atoms with Crippen molar-refractivity contribution in [2.45, 2.75) is 24.7 Å². The highest BCUT2D eigenvalue weighted by atomic mass is 32.2. The van der Waals surface area contributed by atoms with Crippen LogP contribution in [0, 0.1) is 5.92 Å². The number of anilines is 1. The van der Waals surface area contributed by atoms with Crippen molar-refractivity contribution in [1.29, 1.82) is 0 Å². The maximum Gasteiger partial charge on any atom is 0.419 e. The van der Waals surface area contributed by atoms with Gasteiger partial charge in [0.25, 0.3) is 0 Å². The van der Waals surface area contributed by atoms with Crippen LogP contribution in [0.3, 0.4) is 0 Å². The van der Waals surface area contributed by atoms with Crippen LogP contribution in [0.25, 0.3) is 21.3 Å². The molecule has 184 valence electrons. The van der Waals surface area contributed by atoms with Crippen molar-refractivity contribution in [3.63, 3.8) is 0 Å². The Balaban J connectivity index is 1.32. The van der Waals surface area contributed by atoms with E-state index >= 15 is 0 Å². The molecule has 1 saturated heterocycles. The average Bonchev–Trinajstić information content (AvgIpc) is 3.37. The summed E-state index contributed by atoms with van der Waals surface area (Å²) in [5.41, 5.74) is 1.46. The fourth-order valence-electron chi connectivity index (χ4n) is 4.22. The van der Waals surface area contributed by atoms with Gasteiger partial charge in [-0.15, -0.1) is 0 Å². The Bertz CT molecular complexity index is 1590. The van der Waals surface area contributed by atoms with Gasteiger partial charge in [-0.25, -0.2) is 18.2 Å². The molecule has 0 saturated carbocycles. The molecular weight excluding hydrogens is 492 g/mol. The van der Waals surface area contributed by atoms with Gasteiger partial charge in [0.2, 0.25) is 15.9 Å². The lowest BCUT2D eigenvalue weighted by molar-refractivity contribution is -0.120. The molecular formula is C23H24N4O6S2. The zero-order chi connectivity index (χ0) is 24.7. The molecule has 1 aliphatic rings. The molecule has 12 heteroatoms. The number of aryl methyl sites for hydroxylation is 1. The number of hydrogen-bond donors (Lipinski definition) is 1. The highest BCUT2D eigenvalue weighted by Gasteiger charge is 2.34. The number of benzene rings is 2. The summed E-state index contributed by atoms with van der Waals surface area (Å²) in [6.07, 6.45) is 1.13. The Hall–Kier alpha value is -3.22. The SMILES string of the molecule is CCOc1ccc2nc(NC(=O)[C@H]3CCCN(S(=O)(=O)c4ccc5c(c4)oc(=O)n5C)C3)sc2c1. The van der Waals surface area contributed by atoms with E-state index in [0.717, 1.165) is 16.0 Å². The lowest BCUT2D eigenvalue weighted by Crippen LogP contribution is -2.43. The van der Waals surface area contributed by atoms with Crippen LogP contribution in [0.5, 0.6) is 5.75 Å². The molecule has 2 aromatic heterocycles. The molecule has 0 aliphatic carbocycles. The Labute approximate surface area is 205 Å². The summed E-state index contributed by atoms with van der Waals surface area (Å²) < 4.78 is 40.8. The van der Waals surface area contributed by atoms with Gasteiger partial charge in [0.1, 0.15) is 5.75 Å². The van der Waals surface area contributed by atoms with Gasteiger partial charge in [0.15, 0.2) is 10.7 Å². The van der Waals surface area contributed by atoms with Crippen molar-refractivity contribution < 1.29 is 22.4 Å². The first-order chi connectivity index (χ1) is 16.8. The minimum Gasteiger partial charge on any atom is -0.494 e. The largest absolute Gasteiger partial charge is 0.494 e.